The topological polar surface area (TPSA) is 163 Å². The van der Waals surface area contributed by atoms with Gasteiger partial charge in [-0.2, -0.15) is 0 Å². The van der Waals surface area contributed by atoms with Gasteiger partial charge in [-0.1, -0.05) is 37.6 Å². The van der Waals surface area contributed by atoms with E-state index in [9.17, 15) is 34.2 Å². The molecule has 10 heteroatoms. The van der Waals surface area contributed by atoms with Crippen molar-refractivity contribution in [2.75, 3.05) is 6.61 Å². The summed E-state index contributed by atoms with van der Waals surface area (Å²) in [6, 6.07) is 6.29. The highest BCUT2D eigenvalue weighted by Gasteiger charge is 2.66. The number of benzene rings is 1. The molecular weight excluding hydrogens is 588 g/mol. The van der Waals surface area contributed by atoms with Gasteiger partial charge >= 0.3 is 11.9 Å². The minimum absolute atomic E-state index is 0.00834. The molecule has 1 aromatic heterocycles. The van der Waals surface area contributed by atoms with Gasteiger partial charge in [0.2, 0.25) is 11.7 Å². The first-order valence-corrected chi connectivity index (χ1v) is 16.6. The van der Waals surface area contributed by atoms with Crippen molar-refractivity contribution >= 4 is 40.3 Å². The molecule has 4 N–H and O–H groups in total. The molecule has 4 aliphatic carbocycles. The van der Waals surface area contributed by atoms with Crippen molar-refractivity contribution in [3.8, 4) is 0 Å². The minimum atomic E-state index is -1.60. The van der Waals surface area contributed by atoms with Crippen LogP contribution >= 0.6 is 0 Å². The summed E-state index contributed by atoms with van der Waals surface area (Å²) in [5.41, 5.74) is 0.646. The summed E-state index contributed by atoms with van der Waals surface area (Å²) in [5.74, 6) is -1.90. The number of H-pyrrole nitrogens is 1. The number of para-hydroxylation sites is 1. The summed E-state index contributed by atoms with van der Waals surface area (Å²) >= 11 is 0. The summed E-state index contributed by atoms with van der Waals surface area (Å²) in [6.45, 7) is 3.74. The molecule has 10 nitrogen and oxygen atoms in total. The van der Waals surface area contributed by atoms with Crippen molar-refractivity contribution in [3.63, 3.8) is 0 Å². The average Bonchev–Trinajstić information content (AvgIpc) is 3.56. The molecule has 0 spiro atoms. The second kappa shape index (κ2) is 12.1. The first-order valence-electron chi connectivity index (χ1n) is 16.6. The zero-order valence-electron chi connectivity index (χ0n) is 26.6. The molecule has 1 amide bonds. The van der Waals surface area contributed by atoms with Crippen molar-refractivity contribution in [2.24, 2.45) is 28.6 Å². The summed E-state index contributed by atoms with van der Waals surface area (Å²) in [5, 5.41) is 24.9. The van der Waals surface area contributed by atoms with Crippen LogP contribution in [0.1, 0.15) is 83.6 Å². The lowest BCUT2D eigenvalue weighted by Gasteiger charge is -2.58. The van der Waals surface area contributed by atoms with Crippen LogP contribution in [0.15, 0.2) is 42.1 Å². The summed E-state index contributed by atoms with van der Waals surface area (Å²) in [6.07, 6.45) is 8.92. The number of allylic oxidation sites excluding steroid dienone is 1. The van der Waals surface area contributed by atoms with Crippen LogP contribution in [0.3, 0.4) is 0 Å². The third-order valence-electron chi connectivity index (χ3n) is 12.2. The average molecular weight is 633 g/mol. The molecular formula is C36H44N2O8. The van der Waals surface area contributed by atoms with Crippen LogP contribution in [-0.4, -0.2) is 62.9 Å². The van der Waals surface area contributed by atoms with E-state index in [-0.39, 0.29) is 36.4 Å². The fraction of sp³-hybridized carbons (Fsp3) is 0.583. The van der Waals surface area contributed by atoms with Crippen molar-refractivity contribution in [3.05, 3.63) is 47.7 Å². The van der Waals surface area contributed by atoms with E-state index in [0.29, 0.717) is 31.1 Å². The van der Waals surface area contributed by atoms with Crippen molar-refractivity contribution in [2.45, 2.75) is 96.1 Å². The first-order chi connectivity index (χ1) is 21.9. The van der Waals surface area contributed by atoms with E-state index in [1.807, 2.05) is 37.3 Å². The Morgan fingerprint density at radius 3 is 2.57 bits per heavy atom. The second-order valence-electron chi connectivity index (χ2n) is 14.4. The lowest BCUT2D eigenvalue weighted by Crippen LogP contribution is -2.58. The SMILES string of the molecule is C[C@]12CCC(=O)C=C1CC[C@@H]1[C@@H]2CC[C@@]2(C)[C@H]1CC[C@]2(O)C(=O)COC(=O)CCC(=O)N[C@H](Cc1c[nH]c2ccccc12)C(=O)O. The number of carbonyl (C=O) groups excluding carboxylic acids is 4. The Morgan fingerprint density at radius 1 is 1.02 bits per heavy atom. The number of ketones is 2. The number of amides is 1. The van der Waals surface area contributed by atoms with Gasteiger partial charge < -0.3 is 25.3 Å². The number of carboxylic acid groups (broad SMARTS) is 1. The van der Waals surface area contributed by atoms with Crippen LogP contribution < -0.4 is 5.32 Å². The normalized spacial score (nSPS) is 32.5. The van der Waals surface area contributed by atoms with Crippen LogP contribution in [0.5, 0.6) is 0 Å². The Labute approximate surface area is 268 Å². The third kappa shape index (κ3) is 5.48. The highest BCUT2D eigenvalue weighted by molar-refractivity contribution is 5.92. The number of aromatic amines is 1. The third-order valence-corrected chi connectivity index (χ3v) is 12.2. The van der Waals surface area contributed by atoms with Crippen LogP contribution in [0.4, 0.5) is 0 Å². The number of carboxylic acids is 1. The maximum Gasteiger partial charge on any atom is 0.326 e. The molecule has 0 saturated heterocycles. The molecule has 4 aliphatic rings. The second-order valence-corrected chi connectivity index (χ2v) is 14.4. The maximum atomic E-state index is 13.5. The van der Waals surface area contributed by atoms with Crippen molar-refractivity contribution in [1.29, 1.82) is 0 Å². The molecule has 2 aromatic rings. The van der Waals surface area contributed by atoms with E-state index in [1.54, 1.807) is 6.20 Å². The largest absolute Gasteiger partial charge is 0.480 e. The highest BCUT2D eigenvalue weighted by atomic mass is 16.5. The molecule has 3 saturated carbocycles. The maximum absolute atomic E-state index is 13.5. The molecule has 0 bridgehead atoms. The lowest BCUT2D eigenvalue weighted by molar-refractivity contribution is -0.170. The number of fused-ring (bicyclic) bond motifs is 6. The van der Waals surface area contributed by atoms with Crippen LogP contribution in [0, 0.1) is 28.6 Å². The molecule has 1 aromatic carbocycles. The number of aromatic nitrogens is 1. The summed E-state index contributed by atoms with van der Waals surface area (Å²) in [7, 11) is 0. The number of aliphatic hydroxyl groups is 1. The number of Topliss-reactive ketones (excluding diaryl/α,β-unsaturated/α-hetero) is 1. The molecule has 246 valence electrons. The number of esters is 1. The van der Waals surface area contributed by atoms with Gasteiger partial charge in [0.05, 0.1) is 6.42 Å². The minimum Gasteiger partial charge on any atom is -0.480 e. The Bertz CT molecular complexity index is 1610. The Hall–Kier alpha value is -3.79. The van der Waals surface area contributed by atoms with Crippen LogP contribution in [0.2, 0.25) is 0 Å². The number of aliphatic carboxylic acids is 1. The van der Waals surface area contributed by atoms with Gasteiger partial charge in [-0.25, -0.2) is 4.79 Å². The van der Waals surface area contributed by atoms with Gasteiger partial charge in [-0.15, -0.1) is 0 Å². The zero-order chi connectivity index (χ0) is 32.9. The molecule has 0 unspecified atom stereocenters. The summed E-state index contributed by atoms with van der Waals surface area (Å²) in [4.78, 5) is 65.7. The van der Waals surface area contributed by atoms with E-state index in [2.05, 4.69) is 17.2 Å². The predicted molar refractivity (Wildman–Crippen MR) is 168 cm³/mol. The number of rotatable bonds is 10. The monoisotopic (exact) mass is 632 g/mol. The van der Waals surface area contributed by atoms with E-state index >= 15 is 0 Å². The molecule has 0 radical (unpaired) electrons. The van der Waals surface area contributed by atoms with Crippen molar-refractivity contribution < 1.29 is 38.9 Å². The standard InChI is InChI=1S/C36H44N2O8/c1-34-14-11-23(39)18-22(34)7-8-25-26(34)12-15-35(2)27(25)13-16-36(35,45)30(40)20-46-32(42)10-9-31(41)38-29(33(43)44)17-21-19-37-28-6-4-3-5-24(21)28/h3-6,18-19,25-27,29,37,45H,7-17,20H2,1-2H3,(H,38,41)(H,43,44)/t25-,26+,27+,29-,34+,35+,36+/m1/s1. The Balaban J connectivity index is 1.01. The van der Waals surface area contributed by atoms with Gasteiger partial charge in [0.25, 0.3) is 0 Å². The van der Waals surface area contributed by atoms with Gasteiger partial charge in [0, 0.05) is 41.8 Å². The molecule has 6 rings (SSSR count). The molecule has 1 heterocycles. The Kier molecular flexibility index (Phi) is 8.46. The van der Waals surface area contributed by atoms with E-state index < -0.39 is 47.3 Å². The van der Waals surface area contributed by atoms with Gasteiger partial charge in [-0.3, -0.25) is 19.2 Å². The number of nitrogens with one attached hydrogen (secondary N) is 2. The van der Waals surface area contributed by atoms with E-state index in [0.717, 1.165) is 48.6 Å². The predicted octanol–water partition coefficient (Wildman–Crippen LogP) is 4.44. The first kappa shape index (κ1) is 32.2. The molecule has 3 fully saturated rings. The molecule has 0 aliphatic heterocycles. The van der Waals surface area contributed by atoms with E-state index in [1.165, 1.54) is 5.57 Å². The molecule has 46 heavy (non-hydrogen) atoms. The quantitative estimate of drug-likeness (QED) is 0.280. The van der Waals surface area contributed by atoms with Crippen LogP contribution in [-0.2, 0) is 35.1 Å². The fourth-order valence-corrected chi connectivity index (χ4v) is 9.57. The number of hydrogen-bond acceptors (Lipinski definition) is 7. The number of ether oxygens (including phenoxy) is 1. The Morgan fingerprint density at radius 2 is 1.78 bits per heavy atom. The van der Waals surface area contributed by atoms with Crippen molar-refractivity contribution in [1.82, 2.24) is 10.3 Å². The zero-order valence-corrected chi connectivity index (χ0v) is 26.6. The lowest BCUT2D eigenvalue weighted by atomic mass is 9.46. The number of hydrogen-bond donors (Lipinski definition) is 4. The van der Waals surface area contributed by atoms with Gasteiger partial charge in [0.15, 0.2) is 12.4 Å². The van der Waals surface area contributed by atoms with E-state index in [4.69, 9.17) is 4.74 Å². The fourth-order valence-electron chi connectivity index (χ4n) is 9.57. The smallest absolute Gasteiger partial charge is 0.326 e. The summed E-state index contributed by atoms with van der Waals surface area (Å²) < 4.78 is 5.26. The van der Waals surface area contributed by atoms with Gasteiger partial charge in [0.1, 0.15) is 11.6 Å². The van der Waals surface area contributed by atoms with Gasteiger partial charge in [-0.05, 0) is 85.8 Å². The molecule has 7 atom stereocenters. The number of carbonyl (C=O) groups is 5. The van der Waals surface area contributed by atoms with Crippen LogP contribution in [0.25, 0.3) is 10.9 Å². The highest BCUT2D eigenvalue weighted by Crippen LogP contribution is 2.67.